The lowest BCUT2D eigenvalue weighted by molar-refractivity contribution is 0.102. The second-order valence-corrected chi connectivity index (χ2v) is 7.08. The third kappa shape index (κ3) is 4.20. The number of hydrogen-bond acceptors (Lipinski definition) is 5. The van der Waals surface area contributed by atoms with Crippen molar-refractivity contribution in [2.45, 2.75) is 0 Å². The summed E-state index contributed by atoms with van der Waals surface area (Å²) in [6.07, 6.45) is 0. The van der Waals surface area contributed by atoms with Gasteiger partial charge in [-0.3, -0.25) is 4.79 Å². The van der Waals surface area contributed by atoms with E-state index in [1.165, 1.54) is 0 Å². The lowest BCUT2D eigenvalue weighted by Gasteiger charge is -2.06. The topological polar surface area (TPSA) is 77.2 Å². The summed E-state index contributed by atoms with van der Waals surface area (Å²) in [5, 5.41) is 6.95. The minimum Gasteiger partial charge on any atom is -0.496 e. The van der Waals surface area contributed by atoms with Crippen molar-refractivity contribution in [3.05, 3.63) is 82.8 Å². The Bertz CT molecular complexity index is 1170. The van der Waals surface area contributed by atoms with Crippen LogP contribution in [0.25, 0.3) is 22.8 Å². The summed E-state index contributed by atoms with van der Waals surface area (Å²) in [5.41, 5.74) is 2.63. The van der Waals surface area contributed by atoms with Crippen LogP contribution >= 0.6 is 15.9 Å². The molecule has 6 nitrogen and oxygen atoms in total. The molecule has 1 N–H and O–H groups in total. The molecule has 0 atom stereocenters. The van der Waals surface area contributed by atoms with Crippen molar-refractivity contribution >= 4 is 27.5 Å². The first-order chi connectivity index (χ1) is 14.1. The number of benzene rings is 3. The zero-order valence-electron chi connectivity index (χ0n) is 15.4. The van der Waals surface area contributed by atoms with Crippen molar-refractivity contribution < 1.29 is 14.1 Å². The van der Waals surface area contributed by atoms with Gasteiger partial charge >= 0.3 is 0 Å². The molecule has 4 aromatic rings. The van der Waals surface area contributed by atoms with E-state index in [1.807, 2.05) is 48.5 Å². The predicted molar refractivity (Wildman–Crippen MR) is 114 cm³/mol. The fourth-order valence-electron chi connectivity index (χ4n) is 2.84. The molecule has 0 radical (unpaired) electrons. The van der Waals surface area contributed by atoms with Crippen LogP contribution in [0.2, 0.25) is 0 Å². The van der Waals surface area contributed by atoms with Crippen LogP contribution in [0.15, 0.2) is 81.8 Å². The first-order valence-electron chi connectivity index (χ1n) is 8.78. The van der Waals surface area contributed by atoms with Crippen LogP contribution in [0.3, 0.4) is 0 Å². The normalized spacial score (nSPS) is 10.6. The quantitative estimate of drug-likeness (QED) is 0.439. The van der Waals surface area contributed by atoms with Crippen molar-refractivity contribution in [1.82, 2.24) is 10.1 Å². The van der Waals surface area contributed by atoms with Crippen LogP contribution in [0, 0.1) is 0 Å². The summed E-state index contributed by atoms with van der Waals surface area (Å²) in [6, 6.07) is 21.9. The van der Waals surface area contributed by atoms with Crippen LogP contribution in [0.4, 0.5) is 5.69 Å². The molecule has 144 valence electrons. The molecule has 0 fully saturated rings. The van der Waals surface area contributed by atoms with Crippen LogP contribution in [-0.2, 0) is 0 Å². The summed E-state index contributed by atoms with van der Waals surface area (Å²) < 4.78 is 11.6. The highest BCUT2D eigenvalue weighted by Gasteiger charge is 2.15. The number of para-hydroxylation sites is 1. The molecule has 0 unspecified atom stereocenters. The highest BCUT2D eigenvalue weighted by molar-refractivity contribution is 9.10. The second kappa shape index (κ2) is 8.28. The van der Waals surface area contributed by atoms with Crippen molar-refractivity contribution in [3.63, 3.8) is 0 Å². The van der Waals surface area contributed by atoms with E-state index in [4.69, 9.17) is 9.26 Å². The Balaban J connectivity index is 1.58. The maximum Gasteiger partial charge on any atom is 0.262 e. The molecular formula is C22H16BrN3O3. The number of hydrogen-bond donors (Lipinski definition) is 1. The molecule has 0 spiro atoms. The Kier molecular flexibility index (Phi) is 5.39. The molecule has 0 saturated heterocycles. The number of aromatic nitrogens is 2. The third-order valence-electron chi connectivity index (χ3n) is 4.23. The highest BCUT2D eigenvalue weighted by Crippen LogP contribution is 2.30. The lowest BCUT2D eigenvalue weighted by Crippen LogP contribution is -2.11. The molecule has 3 aromatic carbocycles. The van der Waals surface area contributed by atoms with Gasteiger partial charge in [0.05, 0.1) is 12.7 Å². The smallest absolute Gasteiger partial charge is 0.262 e. The number of rotatable bonds is 5. The molecule has 0 saturated carbocycles. The molecule has 0 aliphatic rings. The molecule has 7 heteroatoms. The minimum absolute atomic E-state index is 0.203. The third-order valence-corrected chi connectivity index (χ3v) is 4.72. The van der Waals surface area contributed by atoms with Gasteiger partial charge in [-0.15, -0.1) is 0 Å². The Labute approximate surface area is 175 Å². The minimum atomic E-state index is -0.203. The van der Waals surface area contributed by atoms with Gasteiger partial charge in [0.2, 0.25) is 5.82 Å². The second-order valence-electron chi connectivity index (χ2n) is 6.17. The Morgan fingerprint density at radius 1 is 1.03 bits per heavy atom. The number of nitrogens with one attached hydrogen (secondary N) is 1. The molecule has 0 aliphatic heterocycles. The summed E-state index contributed by atoms with van der Waals surface area (Å²) in [7, 11) is 1.59. The molecular weight excluding hydrogens is 434 g/mol. The van der Waals surface area contributed by atoms with E-state index in [-0.39, 0.29) is 5.91 Å². The molecule has 1 aromatic heterocycles. The van der Waals surface area contributed by atoms with Crippen LogP contribution in [0.5, 0.6) is 5.75 Å². The van der Waals surface area contributed by atoms with Crippen molar-refractivity contribution in [2.24, 2.45) is 0 Å². The average Bonchev–Trinajstić information content (AvgIpc) is 3.24. The van der Waals surface area contributed by atoms with Gasteiger partial charge in [0.25, 0.3) is 11.8 Å². The Hall–Kier alpha value is -3.45. The number of halogens is 1. The molecule has 4 rings (SSSR count). The lowest BCUT2D eigenvalue weighted by atomic mass is 10.1. The van der Waals surface area contributed by atoms with Crippen LogP contribution in [-0.4, -0.2) is 23.2 Å². The molecule has 1 heterocycles. The van der Waals surface area contributed by atoms with Crippen molar-refractivity contribution in [2.75, 3.05) is 12.4 Å². The van der Waals surface area contributed by atoms with E-state index >= 15 is 0 Å². The average molecular weight is 450 g/mol. The summed E-state index contributed by atoms with van der Waals surface area (Å²) in [5.74, 6) is 1.23. The van der Waals surface area contributed by atoms with Gasteiger partial charge in [0, 0.05) is 21.3 Å². The van der Waals surface area contributed by atoms with Crippen LogP contribution in [0.1, 0.15) is 10.4 Å². The zero-order chi connectivity index (χ0) is 20.2. The summed E-state index contributed by atoms with van der Waals surface area (Å²) >= 11 is 3.37. The fourth-order valence-corrected chi connectivity index (χ4v) is 3.24. The SMILES string of the molecule is COc1ccccc1-c1nc(-c2cccc(NC(=O)c3cccc(Br)c3)c2)no1. The number of carbonyl (C=O) groups excluding carboxylic acids is 1. The Morgan fingerprint density at radius 3 is 2.69 bits per heavy atom. The number of anilines is 1. The van der Waals surface area contributed by atoms with Gasteiger partial charge < -0.3 is 14.6 Å². The zero-order valence-corrected chi connectivity index (χ0v) is 17.0. The van der Waals surface area contributed by atoms with Crippen molar-refractivity contribution in [1.29, 1.82) is 0 Å². The van der Waals surface area contributed by atoms with Crippen molar-refractivity contribution in [3.8, 4) is 28.6 Å². The van der Waals surface area contributed by atoms with E-state index in [0.717, 1.165) is 10.0 Å². The summed E-state index contributed by atoms with van der Waals surface area (Å²) in [6.45, 7) is 0. The first-order valence-corrected chi connectivity index (χ1v) is 9.58. The number of ether oxygens (including phenoxy) is 1. The van der Waals surface area contributed by atoms with E-state index in [9.17, 15) is 4.79 Å². The number of methoxy groups -OCH3 is 1. The van der Waals surface area contributed by atoms with E-state index in [2.05, 4.69) is 31.4 Å². The predicted octanol–water partition coefficient (Wildman–Crippen LogP) is 5.43. The fraction of sp³-hybridized carbons (Fsp3) is 0.0455. The van der Waals surface area contributed by atoms with Gasteiger partial charge in [-0.2, -0.15) is 4.98 Å². The van der Waals surface area contributed by atoms with E-state index < -0.39 is 0 Å². The standard InChI is InChI=1S/C22H16BrN3O3/c1-28-19-11-3-2-10-18(19)22-25-20(26-29-22)14-6-5-9-17(13-14)24-21(27)15-7-4-8-16(23)12-15/h2-13H,1H3,(H,24,27). The molecule has 0 bridgehead atoms. The summed E-state index contributed by atoms with van der Waals surface area (Å²) in [4.78, 5) is 17.0. The van der Waals surface area contributed by atoms with E-state index in [1.54, 1.807) is 31.4 Å². The van der Waals surface area contributed by atoms with Gasteiger partial charge in [-0.1, -0.05) is 51.4 Å². The largest absolute Gasteiger partial charge is 0.496 e. The van der Waals surface area contributed by atoms with Gasteiger partial charge in [0.15, 0.2) is 0 Å². The van der Waals surface area contributed by atoms with Crippen LogP contribution < -0.4 is 10.1 Å². The maximum absolute atomic E-state index is 12.5. The number of amides is 1. The van der Waals surface area contributed by atoms with Gasteiger partial charge in [0.1, 0.15) is 5.75 Å². The highest BCUT2D eigenvalue weighted by atomic mass is 79.9. The van der Waals surface area contributed by atoms with E-state index in [0.29, 0.717) is 34.3 Å². The number of carbonyl (C=O) groups is 1. The monoisotopic (exact) mass is 449 g/mol. The number of nitrogens with zero attached hydrogens (tertiary/aromatic N) is 2. The first kappa shape index (κ1) is 18.9. The molecule has 0 aliphatic carbocycles. The molecule has 1 amide bonds. The van der Waals surface area contributed by atoms with Gasteiger partial charge in [-0.05, 0) is 42.5 Å². The maximum atomic E-state index is 12.5. The van der Waals surface area contributed by atoms with Gasteiger partial charge in [-0.25, -0.2) is 0 Å². The Morgan fingerprint density at radius 2 is 1.86 bits per heavy atom. The molecule has 29 heavy (non-hydrogen) atoms.